The average Bonchev–Trinajstić information content (AvgIpc) is 2.13. The van der Waals surface area contributed by atoms with Crippen LogP contribution >= 0.6 is 11.8 Å². The summed E-state index contributed by atoms with van der Waals surface area (Å²) < 4.78 is 0. The molecule has 0 aliphatic carbocycles. The summed E-state index contributed by atoms with van der Waals surface area (Å²) in [6.07, 6.45) is 6.21. The van der Waals surface area contributed by atoms with Crippen molar-refractivity contribution in [1.29, 1.82) is 0 Å². The maximum absolute atomic E-state index is 3.53. The minimum Gasteiger partial charge on any atom is -0.316 e. The molecule has 0 aliphatic heterocycles. The van der Waals surface area contributed by atoms with E-state index < -0.39 is 0 Å². The van der Waals surface area contributed by atoms with Crippen molar-refractivity contribution >= 4 is 11.8 Å². The van der Waals surface area contributed by atoms with E-state index in [1.807, 2.05) is 11.8 Å². The van der Waals surface area contributed by atoms with E-state index in [1.165, 1.54) is 31.6 Å². The SMILES string of the molecule is CSCCCC(C)(C)CCNCC(C)C. The van der Waals surface area contributed by atoms with Crippen LogP contribution in [0.1, 0.15) is 47.0 Å². The zero-order valence-corrected chi connectivity index (χ0v) is 12.0. The van der Waals surface area contributed by atoms with E-state index in [9.17, 15) is 0 Å². The third-order valence-electron chi connectivity index (χ3n) is 2.73. The highest BCUT2D eigenvalue weighted by Crippen LogP contribution is 2.26. The summed E-state index contributed by atoms with van der Waals surface area (Å²) in [6, 6.07) is 0. The molecule has 0 aromatic carbocycles. The van der Waals surface area contributed by atoms with Crippen LogP contribution in [0.15, 0.2) is 0 Å². The molecule has 1 nitrogen and oxygen atoms in total. The predicted octanol–water partition coefficient (Wildman–Crippen LogP) is 3.79. The number of hydrogen-bond donors (Lipinski definition) is 1. The summed E-state index contributed by atoms with van der Waals surface area (Å²) >= 11 is 1.96. The molecule has 0 heterocycles. The molecule has 0 saturated heterocycles. The molecule has 0 bridgehead atoms. The Balaban J connectivity index is 3.46. The Morgan fingerprint density at radius 1 is 1.20 bits per heavy atom. The van der Waals surface area contributed by atoms with Crippen LogP contribution in [0.5, 0.6) is 0 Å². The lowest BCUT2D eigenvalue weighted by Crippen LogP contribution is -2.25. The van der Waals surface area contributed by atoms with Gasteiger partial charge in [0.05, 0.1) is 0 Å². The van der Waals surface area contributed by atoms with Crippen LogP contribution in [0.25, 0.3) is 0 Å². The fraction of sp³-hybridized carbons (Fsp3) is 1.00. The van der Waals surface area contributed by atoms with Crippen molar-refractivity contribution in [3.05, 3.63) is 0 Å². The summed E-state index contributed by atoms with van der Waals surface area (Å²) in [5, 5.41) is 3.53. The van der Waals surface area contributed by atoms with Crippen molar-refractivity contribution in [2.24, 2.45) is 11.3 Å². The second-order valence-electron chi connectivity index (χ2n) is 5.61. The highest BCUT2D eigenvalue weighted by molar-refractivity contribution is 7.98. The van der Waals surface area contributed by atoms with Crippen molar-refractivity contribution in [3.63, 3.8) is 0 Å². The van der Waals surface area contributed by atoms with Gasteiger partial charge in [-0.15, -0.1) is 0 Å². The van der Waals surface area contributed by atoms with Gasteiger partial charge in [0.2, 0.25) is 0 Å². The van der Waals surface area contributed by atoms with E-state index in [2.05, 4.69) is 39.3 Å². The van der Waals surface area contributed by atoms with Crippen LogP contribution in [0.2, 0.25) is 0 Å². The number of rotatable bonds is 9. The van der Waals surface area contributed by atoms with E-state index in [4.69, 9.17) is 0 Å². The van der Waals surface area contributed by atoms with Gasteiger partial charge < -0.3 is 5.32 Å². The normalized spacial score (nSPS) is 12.4. The Bertz CT molecular complexity index is 143. The Morgan fingerprint density at radius 2 is 1.87 bits per heavy atom. The van der Waals surface area contributed by atoms with Crippen molar-refractivity contribution in [2.45, 2.75) is 47.0 Å². The lowest BCUT2D eigenvalue weighted by molar-refractivity contribution is 0.298. The molecule has 0 unspecified atom stereocenters. The molecular weight excluding hydrogens is 202 g/mol. The van der Waals surface area contributed by atoms with Gasteiger partial charge in [0.25, 0.3) is 0 Å². The van der Waals surface area contributed by atoms with Gasteiger partial charge in [0.15, 0.2) is 0 Å². The van der Waals surface area contributed by atoms with Crippen LogP contribution in [0.4, 0.5) is 0 Å². The van der Waals surface area contributed by atoms with E-state index >= 15 is 0 Å². The van der Waals surface area contributed by atoms with Crippen LogP contribution < -0.4 is 5.32 Å². The summed E-state index contributed by atoms with van der Waals surface area (Å²) in [6.45, 7) is 11.6. The Labute approximate surface area is 101 Å². The summed E-state index contributed by atoms with van der Waals surface area (Å²) in [5.41, 5.74) is 0.514. The summed E-state index contributed by atoms with van der Waals surface area (Å²) in [4.78, 5) is 0. The maximum Gasteiger partial charge on any atom is -0.00258 e. The van der Waals surface area contributed by atoms with Crippen molar-refractivity contribution in [1.82, 2.24) is 5.32 Å². The van der Waals surface area contributed by atoms with E-state index in [1.54, 1.807) is 0 Å². The molecule has 0 fully saturated rings. The molecule has 2 heteroatoms. The van der Waals surface area contributed by atoms with Crippen LogP contribution in [-0.4, -0.2) is 25.1 Å². The second kappa shape index (κ2) is 8.46. The highest BCUT2D eigenvalue weighted by atomic mass is 32.2. The van der Waals surface area contributed by atoms with Gasteiger partial charge in [-0.05, 0) is 55.7 Å². The Morgan fingerprint density at radius 3 is 2.40 bits per heavy atom. The monoisotopic (exact) mass is 231 g/mol. The van der Waals surface area contributed by atoms with Gasteiger partial charge in [-0.1, -0.05) is 27.7 Å². The molecule has 92 valence electrons. The lowest BCUT2D eigenvalue weighted by atomic mass is 9.84. The minimum atomic E-state index is 0.514. The zero-order chi connectivity index (χ0) is 11.7. The molecule has 0 spiro atoms. The van der Waals surface area contributed by atoms with Crippen molar-refractivity contribution in [2.75, 3.05) is 25.1 Å². The van der Waals surface area contributed by atoms with E-state index in [0.29, 0.717) is 5.41 Å². The third kappa shape index (κ3) is 10.6. The van der Waals surface area contributed by atoms with Gasteiger partial charge in [-0.2, -0.15) is 11.8 Å². The predicted molar refractivity (Wildman–Crippen MR) is 73.7 cm³/mol. The van der Waals surface area contributed by atoms with Gasteiger partial charge in [0, 0.05) is 0 Å². The standard InChI is InChI=1S/C13H29NS/c1-12(2)11-14-9-8-13(3,4)7-6-10-15-5/h12,14H,6-11H2,1-5H3. The number of thioether (sulfide) groups is 1. The minimum absolute atomic E-state index is 0.514. The topological polar surface area (TPSA) is 12.0 Å². The highest BCUT2D eigenvalue weighted by Gasteiger charge is 2.16. The molecule has 0 aromatic rings. The molecule has 0 amide bonds. The molecule has 0 aliphatic rings. The van der Waals surface area contributed by atoms with Gasteiger partial charge in [-0.3, -0.25) is 0 Å². The lowest BCUT2D eigenvalue weighted by Gasteiger charge is -2.24. The fourth-order valence-electron chi connectivity index (χ4n) is 1.64. The van der Waals surface area contributed by atoms with Crippen molar-refractivity contribution < 1.29 is 0 Å². The molecule has 0 saturated carbocycles. The fourth-order valence-corrected chi connectivity index (χ4v) is 2.07. The third-order valence-corrected chi connectivity index (χ3v) is 3.43. The first-order chi connectivity index (χ1) is 6.98. The summed E-state index contributed by atoms with van der Waals surface area (Å²) in [5.74, 6) is 2.08. The Hall–Kier alpha value is 0.310. The quantitative estimate of drug-likeness (QED) is 0.606. The maximum atomic E-state index is 3.53. The Kier molecular flexibility index (Phi) is 8.64. The number of nitrogens with one attached hydrogen (secondary N) is 1. The molecule has 0 rings (SSSR count). The molecule has 1 N–H and O–H groups in total. The first-order valence-corrected chi connectivity index (χ1v) is 7.57. The van der Waals surface area contributed by atoms with Crippen LogP contribution in [-0.2, 0) is 0 Å². The second-order valence-corrected chi connectivity index (χ2v) is 6.59. The van der Waals surface area contributed by atoms with Crippen LogP contribution in [0.3, 0.4) is 0 Å². The molecule has 15 heavy (non-hydrogen) atoms. The molecular formula is C13H29NS. The smallest absolute Gasteiger partial charge is 0.00258 e. The van der Waals surface area contributed by atoms with Gasteiger partial charge in [-0.25, -0.2) is 0 Å². The van der Waals surface area contributed by atoms with E-state index in [0.717, 1.165) is 12.5 Å². The zero-order valence-electron chi connectivity index (χ0n) is 11.2. The number of hydrogen-bond acceptors (Lipinski definition) is 2. The first kappa shape index (κ1) is 15.3. The van der Waals surface area contributed by atoms with Crippen molar-refractivity contribution in [3.8, 4) is 0 Å². The van der Waals surface area contributed by atoms with Crippen LogP contribution in [0, 0.1) is 11.3 Å². The average molecular weight is 231 g/mol. The van der Waals surface area contributed by atoms with E-state index in [-0.39, 0.29) is 0 Å². The molecule has 0 atom stereocenters. The molecule has 0 radical (unpaired) electrons. The van der Waals surface area contributed by atoms with Gasteiger partial charge >= 0.3 is 0 Å². The first-order valence-electron chi connectivity index (χ1n) is 6.17. The summed E-state index contributed by atoms with van der Waals surface area (Å²) in [7, 11) is 0. The molecule has 0 aromatic heterocycles. The van der Waals surface area contributed by atoms with Gasteiger partial charge in [0.1, 0.15) is 0 Å². The largest absolute Gasteiger partial charge is 0.316 e.